The minimum absolute atomic E-state index is 0.333. The van der Waals surface area contributed by atoms with Gasteiger partial charge >= 0.3 is 6.18 Å². The number of ether oxygens (including phenoxy) is 1. The molecule has 0 radical (unpaired) electrons. The number of methoxy groups -OCH3 is 1. The fraction of sp³-hybridized carbons (Fsp3) is 0.300. The van der Waals surface area contributed by atoms with Crippen LogP contribution in [0.5, 0.6) is 5.75 Å². The maximum Gasteiger partial charge on any atom is 0.428 e. The van der Waals surface area contributed by atoms with Crippen molar-refractivity contribution in [3.05, 3.63) is 29.8 Å². The summed E-state index contributed by atoms with van der Waals surface area (Å²) in [6.07, 6.45) is -5.59. The molecule has 3 nitrogen and oxygen atoms in total. The van der Waals surface area contributed by atoms with Gasteiger partial charge in [0.05, 0.1) is 7.11 Å². The Labute approximate surface area is 89.5 Å². The molecule has 0 saturated carbocycles. The number of rotatable bonds is 3. The molecule has 0 aliphatic carbocycles. The summed E-state index contributed by atoms with van der Waals surface area (Å²) in [6, 6.07) is 4.44. The van der Waals surface area contributed by atoms with Crippen molar-refractivity contribution in [1.29, 1.82) is 0 Å². The van der Waals surface area contributed by atoms with Crippen molar-refractivity contribution in [2.45, 2.75) is 11.8 Å². The number of hydrogen-bond acceptors (Lipinski definition) is 3. The van der Waals surface area contributed by atoms with Crippen molar-refractivity contribution in [2.75, 3.05) is 7.11 Å². The highest BCUT2D eigenvalue weighted by Gasteiger charge is 2.55. The Hall–Kier alpha value is -1.56. The molecule has 1 atom stereocenters. The molecule has 0 amide bonds. The summed E-state index contributed by atoms with van der Waals surface area (Å²) in [5.41, 5.74) is -4.02. The number of alkyl halides is 3. The van der Waals surface area contributed by atoms with E-state index in [2.05, 4.69) is 0 Å². The smallest absolute Gasteiger partial charge is 0.428 e. The molecule has 16 heavy (non-hydrogen) atoms. The molecule has 0 fully saturated rings. The van der Waals surface area contributed by atoms with E-state index in [1.54, 1.807) is 0 Å². The summed E-state index contributed by atoms with van der Waals surface area (Å²) >= 11 is 0. The van der Waals surface area contributed by atoms with Crippen LogP contribution in [0.3, 0.4) is 0 Å². The van der Waals surface area contributed by atoms with Crippen LogP contribution in [0.4, 0.5) is 13.2 Å². The number of halogens is 3. The quantitative estimate of drug-likeness (QED) is 0.809. The third kappa shape index (κ3) is 2.01. The van der Waals surface area contributed by atoms with E-state index in [1.807, 2.05) is 0 Å². The first-order chi connectivity index (χ1) is 7.35. The molecule has 6 heteroatoms. The maximum absolute atomic E-state index is 12.5. The lowest BCUT2D eigenvalue weighted by molar-refractivity contribution is -0.249. The molecule has 0 aliphatic rings. The molecule has 1 N–H and O–H groups in total. The molecule has 1 aromatic carbocycles. The van der Waals surface area contributed by atoms with Crippen LogP contribution >= 0.6 is 0 Å². The standard InChI is InChI=1S/C10H9F3O3/c1-16-8-4-2-7(3-5-8)9(15,6-14)10(11,12)13/h2-6,15H,1H3/t9-/m1/s1. The Balaban J connectivity index is 3.18. The van der Waals surface area contributed by atoms with Crippen LogP contribution in [0.1, 0.15) is 5.56 Å². The summed E-state index contributed by atoms with van der Waals surface area (Å²) in [5.74, 6) is 0.333. The van der Waals surface area contributed by atoms with Crippen LogP contribution in [0.25, 0.3) is 0 Å². The minimum atomic E-state index is -5.05. The molecule has 0 heterocycles. The summed E-state index contributed by atoms with van der Waals surface area (Å²) in [4.78, 5) is 10.4. The molecule has 0 aromatic heterocycles. The number of aliphatic hydroxyl groups is 1. The van der Waals surface area contributed by atoms with Crippen LogP contribution in [0, 0.1) is 0 Å². The summed E-state index contributed by atoms with van der Waals surface area (Å²) in [5, 5.41) is 9.26. The summed E-state index contributed by atoms with van der Waals surface area (Å²) < 4.78 is 42.1. The highest BCUT2D eigenvalue weighted by molar-refractivity contribution is 5.67. The second-order valence-electron chi connectivity index (χ2n) is 3.11. The fourth-order valence-corrected chi connectivity index (χ4v) is 1.14. The Morgan fingerprint density at radius 3 is 2.06 bits per heavy atom. The van der Waals surface area contributed by atoms with Gasteiger partial charge in [-0.2, -0.15) is 13.2 Å². The fourth-order valence-electron chi connectivity index (χ4n) is 1.14. The predicted molar refractivity (Wildman–Crippen MR) is 49.0 cm³/mol. The van der Waals surface area contributed by atoms with Crippen LogP contribution < -0.4 is 4.74 Å². The zero-order valence-electron chi connectivity index (χ0n) is 8.28. The van der Waals surface area contributed by atoms with Crippen LogP contribution in [0.2, 0.25) is 0 Å². The normalized spacial score (nSPS) is 15.3. The topological polar surface area (TPSA) is 46.5 Å². The van der Waals surface area contributed by atoms with Crippen molar-refractivity contribution in [1.82, 2.24) is 0 Å². The van der Waals surface area contributed by atoms with E-state index in [9.17, 15) is 23.1 Å². The van der Waals surface area contributed by atoms with E-state index in [0.29, 0.717) is 5.75 Å². The van der Waals surface area contributed by atoms with Crippen molar-refractivity contribution in [3.63, 3.8) is 0 Å². The molecule has 0 spiro atoms. The van der Waals surface area contributed by atoms with Gasteiger partial charge in [0.15, 0.2) is 6.29 Å². The molecule has 1 rings (SSSR count). The van der Waals surface area contributed by atoms with Crippen molar-refractivity contribution in [3.8, 4) is 5.75 Å². The molecule has 0 aliphatic heterocycles. The lowest BCUT2D eigenvalue weighted by Gasteiger charge is -2.25. The van der Waals surface area contributed by atoms with Gasteiger partial charge in [-0.25, -0.2) is 0 Å². The molecule has 0 bridgehead atoms. The number of carbonyl (C=O) groups excluding carboxylic acids is 1. The first-order valence-electron chi connectivity index (χ1n) is 4.25. The lowest BCUT2D eigenvalue weighted by atomic mass is 9.95. The molecule has 1 aromatic rings. The van der Waals surface area contributed by atoms with Gasteiger partial charge in [0.1, 0.15) is 5.75 Å². The van der Waals surface area contributed by atoms with Gasteiger partial charge in [0, 0.05) is 5.56 Å². The van der Waals surface area contributed by atoms with Crippen molar-refractivity contribution >= 4 is 6.29 Å². The van der Waals surface area contributed by atoms with Crippen molar-refractivity contribution < 1.29 is 27.8 Å². The van der Waals surface area contributed by atoms with Crippen molar-refractivity contribution in [2.24, 2.45) is 0 Å². The van der Waals surface area contributed by atoms with Gasteiger partial charge in [0.25, 0.3) is 0 Å². The number of hydrogen-bond donors (Lipinski definition) is 1. The van der Waals surface area contributed by atoms with E-state index in [-0.39, 0.29) is 0 Å². The van der Waals surface area contributed by atoms with Gasteiger partial charge < -0.3 is 9.84 Å². The highest BCUT2D eigenvalue weighted by atomic mass is 19.4. The SMILES string of the molecule is COc1ccc([C@](O)(C=O)C(F)(F)F)cc1. The molecule has 0 saturated heterocycles. The van der Waals surface area contributed by atoms with Gasteiger partial charge in [-0.1, -0.05) is 12.1 Å². The van der Waals surface area contributed by atoms with E-state index in [1.165, 1.54) is 19.2 Å². The van der Waals surface area contributed by atoms with Crippen LogP contribution in [-0.4, -0.2) is 24.7 Å². The van der Waals surface area contributed by atoms with Gasteiger partial charge in [-0.3, -0.25) is 4.79 Å². The Bertz CT molecular complexity index is 372. The maximum atomic E-state index is 12.5. The third-order valence-corrected chi connectivity index (χ3v) is 2.13. The highest BCUT2D eigenvalue weighted by Crippen LogP contribution is 2.37. The predicted octanol–water partition coefficient (Wildman–Crippen LogP) is 1.64. The molecular formula is C10H9F3O3. The number of aldehydes is 1. The number of benzene rings is 1. The number of carbonyl (C=O) groups is 1. The van der Waals surface area contributed by atoms with E-state index in [0.717, 1.165) is 12.1 Å². The second-order valence-corrected chi connectivity index (χ2v) is 3.11. The van der Waals surface area contributed by atoms with Crippen LogP contribution in [-0.2, 0) is 10.4 Å². The summed E-state index contributed by atoms with van der Waals surface area (Å²) in [7, 11) is 1.35. The Morgan fingerprint density at radius 2 is 1.75 bits per heavy atom. The average Bonchev–Trinajstić information content (AvgIpc) is 2.26. The van der Waals surface area contributed by atoms with E-state index >= 15 is 0 Å². The first kappa shape index (κ1) is 12.5. The molecular weight excluding hydrogens is 225 g/mol. The minimum Gasteiger partial charge on any atom is -0.497 e. The van der Waals surface area contributed by atoms with Gasteiger partial charge in [-0.15, -0.1) is 0 Å². The van der Waals surface area contributed by atoms with E-state index < -0.39 is 23.6 Å². The van der Waals surface area contributed by atoms with Gasteiger partial charge in [-0.05, 0) is 12.1 Å². The largest absolute Gasteiger partial charge is 0.497 e. The monoisotopic (exact) mass is 234 g/mol. The third-order valence-electron chi connectivity index (χ3n) is 2.13. The Morgan fingerprint density at radius 1 is 1.25 bits per heavy atom. The summed E-state index contributed by atoms with van der Waals surface area (Å²) in [6.45, 7) is 0. The Kier molecular flexibility index (Phi) is 3.23. The van der Waals surface area contributed by atoms with Gasteiger partial charge in [0.2, 0.25) is 5.60 Å². The van der Waals surface area contributed by atoms with E-state index in [4.69, 9.17) is 4.74 Å². The van der Waals surface area contributed by atoms with Crippen LogP contribution in [0.15, 0.2) is 24.3 Å². The zero-order chi connectivity index (χ0) is 12.4. The second kappa shape index (κ2) is 4.13. The zero-order valence-corrected chi connectivity index (χ0v) is 8.28. The lowest BCUT2D eigenvalue weighted by Crippen LogP contribution is -2.43. The molecule has 88 valence electrons. The average molecular weight is 234 g/mol. The first-order valence-corrected chi connectivity index (χ1v) is 4.25. The molecule has 0 unspecified atom stereocenters.